The van der Waals surface area contributed by atoms with Crippen LogP contribution in [0.5, 0.6) is 0 Å². The predicted octanol–water partition coefficient (Wildman–Crippen LogP) is 1.96. The second kappa shape index (κ2) is 5.06. The van der Waals surface area contributed by atoms with Crippen LogP contribution in [0.3, 0.4) is 0 Å². The number of anilines is 1. The van der Waals surface area contributed by atoms with Crippen LogP contribution in [0.4, 0.5) is 10.1 Å². The molecule has 0 aromatic heterocycles. The van der Waals surface area contributed by atoms with E-state index < -0.39 is 11.7 Å². The highest BCUT2D eigenvalue weighted by Crippen LogP contribution is 2.31. The van der Waals surface area contributed by atoms with Crippen LogP contribution in [0.1, 0.15) is 19.3 Å². The topological polar surface area (TPSA) is 63.4 Å². The summed E-state index contributed by atoms with van der Waals surface area (Å²) in [4.78, 5) is 24.1. The van der Waals surface area contributed by atoms with Crippen LogP contribution >= 0.6 is 15.9 Å². The first-order chi connectivity index (χ1) is 8.49. The van der Waals surface area contributed by atoms with Crippen molar-refractivity contribution in [2.75, 3.05) is 4.90 Å². The molecule has 1 aliphatic rings. The summed E-state index contributed by atoms with van der Waals surface area (Å²) in [5, 5.41) is 0. The second-order valence-electron chi connectivity index (χ2n) is 4.22. The lowest BCUT2D eigenvalue weighted by molar-refractivity contribution is -0.118. The van der Waals surface area contributed by atoms with Crippen molar-refractivity contribution in [2.45, 2.75) is 25.3 Å². The highest BCUT2D eigenvalue weighted by atomic mass is 79.9. The van der Waals surface area contributed by atoms with Crippen molar-refractivity contribution in [3.05, 3.63) is 28.5 Å². The molecule has 6 heteroatoms. The fraction of sp³-hybridized carbons (Fsp3) is 0.333. The van der Waals surface area contributed by atoms with E-state index in [9.17, 15) is 14.0 Å². The Morgan fingerprint density at radius 3 is 2.89 bits per heavy atom. The van der Waals surface area contributed by atoms with E-state index >= 15 is 0 Å². The van der Waals surface area contributed by atoms with Crippen LogP contribution in [-0.4, -0.2) is 17.9 Å². The van der Waals surface area contributed by atoms with E-state index in [1.165, 1.54) is 17.0 Å². The molecule has 0 spiro atoms. The molecule has 1 aromatic carbocycles. The predicted molar refractivity (Wildman–Crippen MR) is 68.4 cm³/mol. The van der Waals surface area contributed by atoms with E-state index in [0.29, 0.717) is 17.3 Å². The Hall–Kier alpha value is -1.43. The minimum absolute atomic E-state index is 0.0568. The van der Waals surface area contributed by atoms with E-state index in [4.69, 9.17) is 5.73 Å². The molecular weight excluding hydrogens is 303 g/mol. The third kappa shape index (κ3) is 2.53. The van der Waals surface area contributed by atoms with Gasteiger partial charge in [-0.1, -0.05) is 15.9 Å². The van der Waals surface area contributed by atoms with Crippen LogP contribution in [0.15, 0.2) is 22.7 Å². The molecule has 0 unspecified atom stereocenters. The summed E-state index contributed by atoms with van der Waals surface area (Å²) in [7, 11) is 0. The van der Waals surface area contributed by atoms with Gasteiger partial charge >= 0.3 is 0 Å². The summed E-state index contributed by atoms with van der Waals surface area (Å²) in [6.45, 7) is 0. The fourth-order valence-electron chi connectivity index (χ4n) is 2.18. The smallest absolute Gasteiger partial charge is 0.227 e. The van der Waals surface area contributed by atoms with Gasteiger partial charge in [0, 0.05) is 23.4 Å². The summed E-state index contributed by atoms with van der Waals surface area (Å²) in [6.07, 6.45) is 0.895. The number of benzene rings is 1. The van der Waals surface area contributed by atoms with Gasteiger partial charge in [0.2, 0.25) is 11.8 Å². The number of carbonyl (C=O) groups excluding carboxylic acids is 2. The van der Waals surface area contributed by atoms with Crippen LogP contribution < -0.4 is 10.6 Å². The number of carbonyl (C=O) groups is 2. The lowest BCUT2D eigenvalue weighted by Crippen LogP contribution is -2.36. The quantitative estimate of drug-likeness (QED) is 0.927. The molecule has 0 bridgehead atoms. The maximum atomic E-state index is 13.8. The maximum absolute atomic E-state index is 13.8. The van der Waals surface area contributed by atoms with Gasteiger partial charge in [-0.05, 0) is 24.6 Å². The standard InChI is InChI=1S/C12H12BrFN2O2/c13-7-1-3-10(9(14)5-7)16-8(6-11(15)17)2-4-12(16)18/h1,3,5,8H,2,4,6H2,(H2,15,17)/t8-/m0/s1. The maximum Gasteiger partial charge on any atom is 0.227 e. The molecule has 0 saturated carbocycles. The number of nitrogens with two attached hydrogens (primary N) is 1. The summed E-state index contributed by atoms with van der Waals surface area (Å²) < 4.78 is 14.4. The van der Waals surface area contributed by atoms with Crippen molar-refractivity contribution < 1.29 is 14.0 Å². The van der Waals surface area contributed by atoms with Crippen LogP contribution in [0, 0.1) is 5.82 Å². The average Bonchev–Trinajstić information content (AvgIpc) is 2.60. The number of rotatable bonds is 3. The Morgan fingerprint density at radius 1 is 1.56 bits per heavy atom. The Labute approximate surface area is 112 Å². The largest absolute Gasteiger partial charge is 0.370 e. The molecule has 2 rings (SSSR count). The summed E-state index contributed by atoms with van der Waals surface area (Å²) >= 11 is 3.16. The SMILES string of the molecule is NC(=O)C[C@@H]1CCC(=O)N1c1ccc(Br)cc1F. The van der Waals surface area contributed by atoms with E-state index in [1.54, 1.807) is 6.07 Å². The summed E-state index contributed by atoms with van der Waals surface area (Å²) in [5.41, 5.74) is 5.34. The van der Waals surface area contributed by atoms with Gasteiger partial charge in [-0.25, -0.2) is 4.39 Å². The Bertz CT molecular complexity index is 507. The van der Waals surface area contributed by atoms with Crippen molar-refractivity contribution in [1.29, 1.82) is 0 Å². The molecule has 1 aromatic rings. The van der Waals surface area contributed by atoms with Crippen LogP contribution in [0.25, 0.3) is 0 Å². The van der Waals surface area contributed by atoms with Gasteiger partial charge < -0.3 is 10.6 Å². The highest BCUT2D eigenvalue weighted by molar-refractivity contribution is 9.10. The fourth-order valence-corrected chi connectivity index (χ4v) is 2.51. The van der Waals surface area contributed by atoms with Gasteiger partial charge in [-0.3, -0.25) is 9.59 Å². The molecule has 1 fully saturated rings. The van der Waals surface area contributed by atoms with Crippen LogP contribution in [0.2, 0.25) is 0 Å². The minimum atomic E-state index is -0.492. The number of halogens is 2. The van der Waals surface area contributed by atoms with E-state index in [0.717, 1.165) is 0 Å². The molecule has 1 atom stereocenters. The zero-order valence-electron chi connectivity index (χ0n) is 9.53. The Balaban J connectivity index is 2.33. The first-order valence-corrected chi connectivity index (χ1v) is 6.33. The van der Waals surface area contributed by atoms with Crippen molar-refractivity contribution in [3.63, 3.8) is 0 Å². The van der Waals surface area contributed by atoms with Gasteiger partial charge in [0.25, 0.3) is 0 Å². The van der Waals surface area contributed by atoms with Crippen molar-refractivity contribution in [1.82, 2.24) is 0 Å². The molecule has 1 aliphatic heterocycles. The average molecular weight is 315 g/mol. The van der Waals surface area contributed by atoms with Crippen molar-refractivity contribution in [2.24, 2.45) is 5.73 Å². The number of nitrogens with zero attached hydrogens (tertiary/aromatic N) is 1. The third-order valence-electron chi connectivity index (χ3n) is 2.93. The number of amides is 2. The van der Waals surface area contributed by atoms with Gasteiger partial charge in [0.15, 0.2) is 0 Å². The minimum Gasteiger partial charge on any atom is -0.370 e. The third-order valence-corrected chi connectivity index (χ3v) is 3.42. The molecule has 4 nitrogen and oxygen atoms in total. The van der Waals surface area contributed by atoms with Crippen molar-refractivity contribution >= 4 is 33.4 Å². The normalized spacial score (nSPS) is 19.3. The highest BCUT2D eigenvalue weighted by Gasteiger charge is 2.34. The number of hydrogen-bond donors (Lipinski definition) is 1. The molecule has 0 aliphatic carbocycles. The molecule has 1 saturated heterocycles. The summed E-state index contributed by atoms with van der Waals surface area (Å²) in [5.74, 6) is -1.16. The summed E-state index contributed by atoms with van der Waals surface area (Å²) in [6, 6.07) is 4.13. The number of hydrogen-bond acceptors (Lipinski definition) is 2. The van der Waals surface area contributed by atoms with Crippen LogP contribution in [-0.2, 0) is 9.59 Å². The lowest BCUT2D eigenvalue weighted by atomic mass is 10.1. The van der Waals surface area contributed by atoms with Gasteiger partial charge in [0.1, 0.15) is 5.82 Å². The Morgan fingerprint density at radius 2 is 2.28 bits per heavy atom. The zero-order valence-corrected chi connectivity index (χ0v) is 11.1. The first-order valence-electron chi connectivity index (χ1n) is 5.54. The van der Waals surface area contributed by atoms with E-state index in [1.807, 2.05) is 0 Å². The second-order valence-corrected chi connectivity index (χ2v) is 5.14. The first kappa shape index (κ1) is 13.0. The van der Waals surface area contributed by atoms with Crippen molar-refractivity contribution in [3.8, 4) is 0 Å². The molecule has 1 heterocycles. The van der Waals surface area contributed by atoms with E-state index in [2.05, 4.69) is 15.9 Å². The van der Waals surface area contributed by atoms with Gasteiger partial charge in [-0.15, -0.1) is 0 Å². The molecule has 0 radical (unpaired) electrons. The Kier molecular flexibility index (Phi) is 3.65. The van der Waals surface area contributed by atoms with E-state index in [-0.39, 0.29) is 24.1 Å². The lowest BCUT2D eigenvalue weighted by Gasteiger charge is -2.24. The molecule has 18 heavy (non-hydrogen) atoms. The van der Waals surface area contributed by atoms with Gasteiger partial charge in [0.05, 0.1) is 5.69 Å². The molecule has 96 valence electrons. The molecule has 2 N–H and O–H groups in total. The zero-order chi connectivity index (χ0) is 13.3. The number of primary amides is 1. The molecule has 2 amide bonds. The van der Waals surface area contributed by atoms with Gasteiger partial charge in [-0.2, -0.15) is 0 Å². The molecular formula is C12H12BrFN2O2. The monoisotopic (exact) mass is 314 g/mol.